The summed E-state index contributed by atoms with van der Waals surface area (Å²) >= 11 is 0. The maximum atomic E-state index is 2.38. The minimum Gasteiger partial charge on any atom is -0.348 e. The number of fused-ring (bicyclic) bond motifs is 1. The summed E-state index contributed by atoms with van der Waals surface area (Å²) in [5, 5.41) is 0. The van der Waals surface area contributed by atoms with Crippen molar-refractivity contribution in [3.63, 3.8) is 0 Å². The van der Waals surface area contributed by atoms with E-state index in [0.717, 1.165) is 18.8 Å². The molecule has 148 valence electrons. The molecule has 0 radical (unpaired) electrons. The van der Waals surface area contributed by atoms with Gasteiger partial charge in [0.15, 0.2) is 0 Å². The summed E-state index contributed by atoms with van der Waals surface area (Å²) in [6, 6.07) is 9.11. The predicted octanol–water partition coefficient (Wildman–Crippen LogP) is 7.52. The minimum atomic E-state index is 0.814. The van der Waals surface area contributed by atoms with Gasteiger partial charge in [-0.15, -0.1) is 0 Å². The number of hydrogen-bond donors (Lipinski definition) is 0. The molecule has 1 heteroatoms. The Bertz CT molecular complexity index is 1010. The Morgan fingerprint density at radius 2 is 1.59 bits per heavy atom. The number of hydrogen-bond acceptors (Lipinski definition) is 1. The second-order valence-electron chi connectivity index (χ2n) is 9.04. The van der Waals surface area contributed by atoms with E-state index in [1.165, 1.54) is 71.3 Å². The molecule has 5 rings (SSSR count). The molecule has 0 aliphatic heterocycles. The van der Waals surface area contributed by atoms with E-state index in [2.05, 4.69) is 79.6 Å². The minimum absolute atomic E-state index is 0.814. The summed E-state index contributed by atoms with van der Waals surface area (Å²) < 4.78 is 0. The smallest absolute Gasteiger partial charge is 0.0411 e. The van der Waals surface area contributed by atoms with Gasteiger partial charge in [-0.25, -0.2) is 0 Å². The van der Waals surface area contributed by atoms with Crippen LogP contribution in [-0.2, 0) is 0 Å². The average molecular weight is 382 g/mol. The molecule has 1 atom stereocenters. The lowest BCUT2D eigenvalue weighted by Crippen LogP contribution is -2.19. The molecule has 4 aliphatic rings. The number of benzene rings is 1. The van der Waals surface area contributed by atoms with Gasteiger partial charge in [-0.2, -0.15) is 0 Å². The molecule has 4 aliphatic carbocycles. The molecule has 0 bridgehead atoms. The van der Waals surface area contributed by atoms with Gasteiger partial charge in [0.05, 0.1) is 0 Å². The van der Waals surface area contributed by atoms with E-state index in [0.29, 0.717) is 0 Å². The van der Waals surface area contributed by atoms with Crippen molar-refractivity contribution in [2.24, 2.45) is 5.92 Å². The number of allylic oxidation sites excluding steroid dienone is 12. The number of nitrogens with zero attached hydrogens (tertiary/aromatic N) is 1. The van der Waals surface area contributed by atoms with E-state index < -0.39 is 0 Å². The SMILES string of the molecule is CC1=CC=C(C2=CC=C(N(C)c3cccc(C4=CC=C5CCC5C4)c3)CC2)CC1. The van der Waals surface area contributed by atoms with Gasteiger partial charge in [0, 0.05) is 18.4 Å². The fraction of sp³-hybridized carbons (Fsp3) is 0.357. The van der Waals surface area contributed by atoms with Crippen LogP contribution >= 0.6 is 0 Å². The molecule has 0 saturated heterocycles. The molecule has 1 fully saturated rings. The Morgan fingerprint density at radius 1 is 0.793 bits per heavy atom. The maximum Gasteiger partial charge on any atom is 0.0411 e. The Labute approximate surface area is 175 Å². The van der Waals surface area contributed by atoms with Crippen LogP contribution in [0.15, 0.2) is 88.7 Å². The van der Waals surface area contributed by atoms with Gasteiger partial charge in [0.2, 0.25) is 0 Å². The van der Waals surface area contributed by atoms with Crippen LogP contribution in [0.2, 0.25) is 0 Å². The summed E-state index contributed by atoms with van der Waals surface area (Å²) in [5.41, 5.74) is 11.8. The highest BCUT2D eigenvalue weighted by Crippen LogP contribution is 2.43. The third kappa shape index (κ3) is 3.71. The van der Waals surface area contributed by atoms with Gasteiger partial charge in [0.1, 0.15) is 0 Å². The standard InChI is InChI=1S/C28H31N/c1-20-6-8-21(9-7-20)22-14-16-27(17-15-22)29(2)28-5-3-4-24(19-28)26-13-11-23-10-12-25(23)18-26/h3-6,8,11,13-14,16,19,25H,7,9-10,12,15,17-18H2,1-2H3. The van der Waals surface area contributed by atoms with Crippen molar-refractivity contribution in [1.82, 2.24) is 0 Å². The largest absolute Gasteiger partial charge is 0.348 e. The monoisotopic (exact) mass is 381 g/mol. The van der Waals surface area contributed by atoms with Gasteiger partial charge in [-0.05, 0) is 98.3 Å². The van der Waals surface area contributed by atoms with Crippen molar-refractivity contribution < 1.29 is 0 Å². The lowest BCUT2D eigenvalue weighted by molar-refractivity contribution is 0.449. The first-order valence-corrected chi connectivity index (χ1v) is 11.2. The van der Waals surface area contributed by atoms with Crippen LogP contribution in [0.3, 0.4) is 0 Å². The molecule has 0 amide bonds. The quantitative estimate of drug-likeness (QED) is 0.521. The van der Waals surface area contributed by atoms with Crippen LogP contribution in [0.4, 0.5) is 5.69 Å². The normalized spacial score (nSPS) is 23.4. The molecule has 0 aromatic heterocycles. The van der Waals surface area contributed by atoms with E-state index >= 15 is 0 Å². The average Bonchev–Trinajstić information content (AvgIpc) is 2.75. The van der Waals surface area contributed by atoms with Gasteiger partial charge in [0.25, 0.3) is 0 Å². The van der Waals surface area contributed by atoms with Crippen molar-refractivity contribution in [2.45, 2.75) is 51.9 Å². The lowest BCUT2D eigenvalue weighted by atomic mass is 9.72. The van der Waals surface area contributed by atoms with E-state index in [-0.39, 0.29) is 0 Å². The van der Waals surface area contributed by atoms with Gasteiger partial charge in [-0.1, -0.05) is 53.7 Å². The maximum absolute atomic E-state index is 2.38. The summed E-state index contributed by atoms with van der Waals surface area (Å²) in [6.07, 6.45) is 22.6. The molecule has 1 aromatic rings. The molecule has 1 unspecified atom stereocenters. The Morgan fingerprint density at radius 3 is 2.24 bits per heavy atom. The fourth-order valence-electron chi connectivity index (χ4n) is 4.99. The summed E-state index contributed by atoms with van der Waals surface area (Å²) in [7, 11) is 2.22. The third-order valence-electron chi connectivity index (χ3n) is 7.20. The Hall–Kier alpha value is -2.54. The van der Waals surface area contributed by atoms with Crippen molar-refractivity contribution >= 4 is 11.3 Å². The lowest BCUT2D eigenvalue weighted by Gasteiger charge is -2.34. The van der Waals surface area contributed by atoms with E-state index in [4.69, 9.17) is 0 Å². The fourth-order valence-corrected chi connectivity index (χ4v) is 4.99. The molecule has 0 heterocycles. The first-order chi connectivity index (χ1) is 14.2. The molecule has 1 saturated carbocycles. The van der Waals surface area contributed by atoms with Crippen molar-refractivity contribution in [1.29, 1.82) is 0 Å². The van der Waals surface area contributed by atoms with Gasteiger partial charge < -0.3 is 4.90 Å². The van der Waals surface area contributed by atoms with Crippen LogP contribution in [0.25, 0.3) is 5.57 Å². The number of anilines is 1. The Balaban J connectivity index is 1.34. The highest BCUT2D eigenvalue weighted by atomic mass is 15.1. The molecule has 0 N–H and O–H groups in total. The zero-order chi connectivity index (χ0) is 19.8. The third-order valence-corrected chi connectivity index (χ3v) is 7.20. The molecular weight excluding hydrogens is 350 g/mol. The molecule has 29 heavy (non-hydrogen) atoms. The van der Waals surface area contributed by atoms with Crippen molar-refractivity contribution in [2.75, 3.05) is 11.9 Å². The molecule has 1 nitrogen and oxygen atoms in total. The van der Waals surface area contributed by atoms with Crippen molar-refractivity contribution in [3.8, 4) is 0 Å². The first kappa shape index (κ1) is 18.5. The first-order valence-electron chi connectivity index (χ1n) is 11.2. The van der Waals surface area contributed by atoms with Crippen LogP contribution < -0.4 is 4.90 Å². The van der Waals surface area contributed by atoms with Crippen LogP contribution in [-0.4, -0.2) is 7.05 Å². The molecule has 1 aromatic carbocycles. The van der Waals surface area contributed by atoms with E-state index in [1.54, 1.807) is 5.57 Å². The highest BCUT2D eigenvalue weighted by Gasteiger charge is 2.27. The number of rotatable bonds is 4. The van der Waals surface area contributed by atoms with Crippen LogP contribution in [0, 0.1) is 5.92 Å². The highest BCUT2D eigenvalue weighted by molar-refractivity contribution is 5.73. The zero-order valence-corrected chi connectivity index (χ0v) is 17.7. The second kappa shape index (κ2) is 7.71. The Kier molecular flexibility index (Phi) is 4.91. The van der Waals surface area contributed by atoms with Crippen LogP contribution in [0.5, 0.6) is 0 Å². The summed E-state index contributed by atoms with van der Waals surface area (Å²) in [6.45, 7) is 2.23. The predicted molar refractivity (Wildman–Crippen MR) is 125 cm³/mol. The summed E-state index contributed by atoms with van der Waals surface area (Å²) in [4.78, 5) is 2.38. The van der Waals surface area contributed by atoms with E-state index in [1.807, 2.05) is 0 Å². The molecule has 0 spiro atoms. The van der Waals surface area contributed by atoms with Crippen molar-refractivity contribution in [3.05, 3.63) is 94.3 Å². The van der Waals surface area contributed by atoms with Gasteiger partial charge in [-0.3, -0.25) is 0 Å². The van der Waals surface area contributed by atoms with E-state index in [9.17, 15) is 0 Å². The molecular formula is C28H31N. The van der Waals surface area contributed by atoms with Gasteiger partial charge >= 0.3 is 0 Å². The second-order valence-corrected chi connectivity index (χ2v) is 9.04. The summed E-state index contributed by atoms with van der Waals surface area (Å²) in [5.74, 6) is 0.814. The van der Waals surface area contributed by atoms with Crippen LogP contribution in [0.1, 0.15) is 57.4 Å². The zero-order valence-electron chi connectivity index (χ0n) is 17.7. The topological polar surface area (TPSA) is 3.24 Å².